The average molecular weight is 702 g/mol. The smallest absolute Gasteiger partial charge is 0.135 e. The number of nitrogens with zero attached hydrogens (tertiary/aromatic N) is 1. The number of anilines is 3. The van der Waals surface area contributed by atoms with Crippen molar-refractivity contribution in [3.8, 4) is 22.3 Å². The summed E-state index contributed by atoms with van der Waals surface area (Å²) in [5, 5.41) is 4.65. The Morgan fingerprint density at radius 2 is 0.964 bits per heavy atom. The molecular formula is C53H35NO. The van der Waals surface area contributed by atoms with Crippen LogP contribution in [0.1, 0.15) is 22.3 Å². The second kappa shape index (κ2) is 12.5. The molecule has 0 saturated heterocycles. The number of benzene rings is 9. The van der Waals surface area contributed by atoms with Gasteiger partial charge in [0.25, 0.3) is 0 Å². The number of hydrogen-bond acceptors (Lipinski definition) is 2. The first-order valence-electron chi connectivity index (χ1n) is 18.9. The van der Waals surface area contributed by atoms with Crippen LogP contribution in [0.5, 0.6) is 0 Å². The summed E-state index contributed by atoms with van der Waals surface area (Å²) in [6.45, 7) is 0. The van der Waals surface area contributed by atoms with Gasteiger partial charge in [0.05, 0.1) is 11.1 Å². The Hall–Kier alpha value is -7.16. The molecule has 55 heavy (non-hydrogen) atoms. The van der Waals surface area contributed by atoms with E-state index >= 15 is 0 Å². The van der Waals surface area contributed by atoms with Gasteiger partial charge >= 0.3 is 0 Å². The van der Waals surface area contributed by atoms with Gasteiger partial charge in [0.15, 0.2) is 0 Å². The number of fused-ring (bicyclic) bond motifs is 8. The molecule has 0 spiro atoms. The molecule has 0 aliphatic heterocycles. The van der Waals surface area contributed by atoms with Crippen molar-refractivity contribution in [1.29, 1.82) is 0 Å². The predicted octanol–water partition coefficient (Wildman–Crippen LogP) is 14.2. The molecule has 9 aromatic carbocycles. The summed E-state index contributed by atoms with van der Waals surface area (Å²) in [6.07, 6.45) is 0. The lowest BCUT2D eigenvalue weighted by atomic mass is 9.66. The van der Waals surface area contributed by atoms with Gasteiger partial charge in [-0.15, -0.1) is 0 Å². The van der Waals surface area contributed by atoms with Crippen LogP contribution in [0.3, 0.4) is 0 Å². The fourth-order valence-corrected chi connectivity index (χ4v) is 9.19. The molecule has 2 nitrogen and oxygen atoms in total. The van der Waals surface area contributed by atoms with Crippen molar-refractivity contribution in [1.82, 2.24) is 0 Å². The van der Waals surface area contributed by atoms with Gasteiger partial charge < -0.3 is 9.32 Å². The summed E-state index contributed by atoms with van der Waals surface area (Å²) in [5.74, 6) is 0. The molecule has 1 aliphatic carbocycles. The van der Waals surface area contributed by atoms with Crippen LogP contribution in [0.15, 0.2) is 217 Å². The molecule has 0 fully saturated rings. The molecule has 0 radical (unpaired) electrons. The molecule has 1 heterocycles. The normalized spacial score (nSPS) is 12.9. The molecule has 2 heteroatoms. The van der Waals surface area contributed by atoms with Crippen LogP contribution in [0.25, 0.3) is 55.0 Å². The zero-order valence-corrected chi connectivity index (χ0v) is 30.1. The van der Waals surface area contributed by atoms with Crippen molar-refractivity contribution >= 4 is 49.8 Å². The van der Waals surface area contributed by atoms with E-state index in [-0.39, 0.29) is 0 Å². The van der Waals surface area contributed by atoms with Gasteiger partial charge in [-0.1, -0.05) is 170 Å². The largest absolute Gasteiger partial charge is 0.456 e. The molecule has 0 unspecified atom stereocenters. The minimum absolute atomic E-state index is 0.558. The van der Waals surface area contributed by atoms with E-state index in [0.717, 1.165) is 39.0 Å². The van der Waals surface area contributed by atoms with E-state index in [4.69, 9.17) is 4.42 Å². The zero-order chi connectivity index (χ0) is 36.3. The summed E-state index contributed by atoms with van der Waals surface area (Å²) in [7, 11) is 0. The molecule has 1 aromatic heterocycles. The number of furan rings is 1. The van der Waals surface area contributed by atoms with Gasteiger partial charge in [-0.05, 0) is 92.2 Å². The molecule has 0 atom stereocenters. The van der Waals surface area contributed by atoms with Gasteiger partial charge in [-0.2, -0.15) is 0 Å². The van der Waals surface area contributed by atoms with E-state index in [0.29, 0.717) is 0 Å². The maximum Gasteiger partial charge on any atom is 0.135 e. The summed E-state index contributed by atoms with van der Waals surface area (Å²) in [6, 6.07) is 77.2. The fraction of sp³-hybridized carbons (Fsp3) is 0.0189. The molecule has 0 N–H and O–H groups in total. The Labute approximate surface area is 320 Å². The summed E-state index contributed by atoms with van der Waals surface area (Å²) < 4.78 is 6.35. The van der Waals surface area contributed by atoms with Crippen molar-refractivity contribution in [2.75, 3.05) is 4.90 Å². The number of hydrogen-bond donors (Lipinski definition) is 0. The van der Waals surface area contributed by atoms with E-state index in [9.17, 15) is 0 Å². The standard InChI is InChI=1S/C53H35NO/c1-4-16-36(17-5-1)37-28-30-41(31-29-37)54(42-32-33-50-46(35-42)44-24-13-15-27-49(44)55-50)48-34-38-18-10-11-23-43(38)52-51(48)45-25-12-14-26-47(45)53(52,39-19-6-2-7-20-39)40-21-8-3-9-22-40/h1-35H. The van der Waals surface area contributed by atoms with E-state index in [1.54, 1.807) is 0 Å². The third-order valence-corrected chi connectivity index (χ3v) is 11.5. The maximum absolute atomic E-state index is 6.35. The molecule has 10 aromatic rings. The van der Waals surface area contributed by atoms with E-state index in [2.05, 4.69) is 211 Å². The minimum Gasteiger partial charge on any atom is -0.456 e. The van der Waals surface area contributed by atoms with Crippen LogP contribution in [-0.4, -0.2) is 0 Å². The Kier molecular flexibility index (Phi) is 7.11. The Balaban J connectivity index is 1.27. The second-order valence-electron chi connectivity index (χ2n) is 14.4. The first-order valence-corrected chi connectivity index (χ1v) is 18.9. The molecule has 0 amide bonds. The molecule has 258 valence electrons. The van der Waals surface area contributed by atoms with E-state index < -0.39 is 5.41 Å². The lowest BCUT2D eigenvalue weighted by Crippen LogP contribution is -2.29. The highest BCUT2D eigenvalue weighted by atomic mass is 16.3. The molecule has 0 bridgehead atoms. The lowest BCUT2D eigenvalue weighted by Gasteiger charge is -2.35. The van der Waals surface area contributed by atoms with Crippen molar-refractivity contribution < 1.29 is 4.42 Å². The monoisotopic (exact) mass is 701 g/mol. The van der Waals surface area contributed by atoms with E-state index in [1.807, 2.05) is 6.07 Å². The molecule has 0 saturated carbocycles. The van der Waals surface area contributed by atoms with Crippen LogP contribution in [-0.2, 0) is 5.41 Å². The highest BCUT2D eigenvalue weighted by molar-refractivity contribution is 6.10. The fourth-order valence-electron chi connectivity index (χ4n) is 9.19. The molecular weight excluding hydrogens is 667 g/mol. The Morgan fingerprint density at radius 1 is 0.400 bits per heavy atom. The highest BCUT2D eigenvalue weighted by Gasteiger charge is 2.48. The summed E-state index contributed by atoms with van der Waals surface area (Å²) in [4.78, 5) is 2.46. The van der Waals surface area contributed by atoms with Crippen LogP contribution in [0.4, 0.5) is 17.1 Å². The van der Waals surface area contributed by atoms with Crippen molar-refractivity contribution in [3.05, 3.63) is 235 Å². The highest BCUT2D eigenvalue weighted by Crippen LogP contribution is 2.61. The summed E-state index contributed by atoms with van der Waals surface area (Å²) >= 11 is 0. The van der Waals surface area contributed by atoms with Crippen molar-refractivity contribution in [3.63, 3.8) is 0 Å². The Morgan fingerprint density at radius 3 is 1.71 bits per heavy atom. The van der Waals surface area contributed by atoms with Crippen LogP contribution >= 0.6 is 0 Å². The zero-order valence-electron chi connectivity index (χ0n) is 30.1. The van der Waals surface area contributed by atoms with Gasteiger partial charge in [0.2, 0.25) is 0 Å². The van der Waals surface area contributed by atoms with E-state index in [1.165, 1.54) is 55.3 Å². The third kappa shape index (κ3) is 4.75. The molecule has 11 rings (SSSR count). The van der Waals surface area contributed by atoms with Crippen molar-refractivity contribution in [2.24, 2.45) is 0 Å². The first kappa shape index (κ1) is 31.4. The van der Waals surface area contributed by atoms with Crippen LogP contribution in [0, 0.1) is 0 Å². The lowest BCUT2D eigenvalue weighted by molar-refractivity contribution is 0.669. The molecule has 1 aliphatic rings. The van der Waals surface area contributed by atoms with Gasteiger partial charge in [-0.25, -0.2) is 0 Å². The van der Waals surface area contributed by atoms with Crippen LogP contribution < -0.4 is 4.90 Å². The van der Waals surface area contributed by atoms with Crippen LogP contribution in [0.2, 0.25) is 0 Å². The summed E-state index contributed by atoms with van der Waals surface area (Å²) in [5.41, 5.74) is 14.5. The van der Waals surface area contributed by atoms with Gasteiger partial charge in [0.1, 0.15) is 11.2 Å². The van der Waals surface area contributed by atoms with Gasteiger partial charge in [-0.3, -0.25) is 0 Å². The number of rotatable bonds is 6. The minimum atomic E-state index is -0.558. The number of para-hydroxylation sites is 1. The second-order valence-corrected chi connectivity index (χ2v) is 14.4. The first-order chi connectivity index (χ1) is 27.3. The topological polar surface area (TPSA) is 16.4 Å². The maximum atomic E-state index is 6.35. The Bertz CT molecular complexity index is 2980. The van der Waals surface area contributed by atoms with Crippen molar-refractivity contribution in [2.45, 2.75) is 5.41 Å². The average Bonchev–Trinajstić information content (AvgIpc) is 3.79. The predicted molar refractivity (Wildman–Crippen MR) is 229 cm³/mol. The quantitative estimate of drug-likeness (QED) is 0.172. The SMILES string of the molecule is c1ccc(-c2ccc(N(c3ccc4oc5ccccc5c4c3)c3cc4ccccc4c4c3-c3ccccc3C4(c3ccccc3)c3ccccc3)cc2)cc1. The third-order valence-electron chi connectivity index (χ3n) is 11.5. The van der Waals surface area contributed by atoms with Gasteiger partial charge in [0, 0.05) is 27.7 Å².